The summed E-state index contributed by atoms with van der Waals surface area (Å²) in [6.07, 6.45) is 4.11. The fraction of sp³-hybridized carbons (Fsp3) is 1.00. The third kappa shape index (κ3) is 3.28. The van der Waals surface area contributed by atoms with Crippen molar-refractivity contribution < 1.29 is 0 Å². The molecule has 13 heavy (non-hydrogen) atoms. The Labute approximate surface area is 82.7 Å². The van der Waals surface area contributed by atoms with Crippen LogP contribution in [0.5, 0.6) is 0 Å². The number of nitrogens with zero attached hydrogens (tertiary/aromatic N) is 1. The molecule has 1 rings (SSSR count). The van der Waals surface area contributed by atoms with Gasteiger partial charge in [-0.05, 0) is 51.9 Å². The summed E-state index contributed by atoms with van der Waals surface area (Å²) in [6, 6.07) is 0.858. The molecule has 1 fully saturated rings. The molecule has 1 aliphatic heterocycles. The minimum Gasteiger partial charge on any atom is -0.320 e. The van der Waals surface area contributed by atoms with Crippen LogP contribution in [0.3, 0.4) is 0 Å². The Balaban J connectivity index is 2.23. The SMILES string of the molecule is CNCCCN1CCCC1C(C)C. The molecule has 0 spiro atoms. The van der Waals surface area contributed by atoms with Gasteiger partial charge in [-0.15, -0.1) is 0 Å². The Morgan fingerprint density at radius 1 is 1.46 bits per heavy atom. The molecule has 0 radical (unpaired) electrons. The molecule has 2 heteroatoms. The summed E-state index contributed by atoms with van der Waals surface area (Å²) in [5.41, 5.74) is 0. The van der Waals surface area contributed by atoms with Gasteiger partial charge >= 0.3 is 0 Å². The molecule has 1 aliphatic rings. The van der Waals surface area contributed by atoms with Gasteiger partial charge in [0.2, 0.25) is 0 Å². The fourth-order valence-corrected chi connectivity index (χ4v) is 2.34. The lowest BCUT2D eigenvalue weighted by atomic mass is 10.0. The van der Waals surface area contributed by atoms with Crippen LogP contribution in [0.2, 0.25) is 0 Å². The molecule has 0 aromatic rings. The molecule has 2 nitrogen and oxygen atoms in total. The number of nitrogens with one attached hydrogen (secondary N) is 1. The van der Waals surface area contributed by atoms with Crippen LogP contribution in [0, 0.1) is 5.92 Å². The molecule has 0 saturated carbocycles. The van der Waals surface area contributed by atoms with Crippen molar-refractivity contribution in [1.29, 1.82) is 0 Å². The molecule has 78 valence electrons. The van der Waals surface area contributed by atoms with Crippen molar-refractivity contribution in [2.45, 2.75) is 39.2 Å². The average Bonchev–Trinajstić information content (AvgIpc) is 2.53. The first kappa shape index (κ1) is 11.0. The summed E-state index contributed by atoms with van der Waals surface area (Å²) in [4.78, 5) is 2.67. The van der Waals surface area contributed by atoms with E-state index in [1.807, 2.05) is 7.05 Å². The van der Waals surface area contributed by atoms with E-state index < -0.39 is 0 Å². The summed E-state index contributed by atoms with van der Waals surface area (Å²) in [6.45, 7) is 8.46. The van der Waals surface area contributed by atoms with Gasteiger partial charge in [-0.3, -0.25) is 0 Å². The largest absolute Gasteiger partial charge is 0.320 e. The predicted molar refractivity (Wildman–Crippen MR) is 58.0 cm³/mol. The van der Waals surface area contributed by atoms with E-state index in [1.54, 1.807) is 0 Å². The molecule has 1 atom stereocenters. The minimum absolute atomic E-state index is 0.831. The van der Waals surface area contributed by atoms with Gasteiger partial charge in [0, 0.05) is 6.04 Å². The van der Waals surface area contributed by atoms with Crippen molar-refractivity contribution >= 4 is 0 Å². The van der Waals surface area contributed by atoms with Crippen LogP contribution < -0.4 is 5.32 Å². The van der Waals surface area contributed by atoms with E-state index >= 15 is 0 Å². The molecular formula is C11H24N2. The molecule has 0 bridgehead atoms. The Kier molecular flexibility index (Phi) is 4.74. The second-order valence-corrected chi connectivity index (χ2v) is 4.45. The van der Waals surface area contributed by atoms with Gasteiger partial charge in [0.25, 0.3) is 0 Å². The van der Waals surface area contributed by atoms with E-state index in [-0.39, 0.29) is 0 Å². The second-order valence-electron chi connectivity index (χ2n) is 4.45. The zero-order chi connectivity index (χ0) is 9.68. The van der Waals surface area contributed by atoms with E-state index in [0.29, 0.717) is 0 Å². The van der Waals surface area contributed by atoms with Crippen molar-refractivity contribution in [3.8, 4) is 0 Å². The minimum atomic E-state index is 0.831. The van der Waals surface area contributed by atoms with Gasteiger partial charge in [0.05, 0.1) is 0 Å². The van der Waals surface area contributed by atoms with Gasteiger partial charge in [-0.25, -0.2) is 0 Å². The Bertz CT molecular complexity index is 134. The van der Waals surface area contributed by atoms with Gasteiger partial charge in [-0.2, -0.15) is 0 Å². The summed E-state index contributed by atoms with van der Waals surface area (Å²) in [5.74, 6) is 0.831. The Hall–Kier alpha value is -0.0800. The molecular weight excluding hydrogens is 160 g/mol. The third-order valence-corrected chi connectivity index (χ3v) is 3.06. The predicted octanol–water partition coefficient (Wildman–Crippen LogP) is 1.72. The average molecular weight is 184 g/mol. The standard InChI is InChI=1S/C11H24N2/c1-10(2)11-6-4-8-13(11)9-5-7-12-3/h10-12H,4-9H2,1-3H3. The first-order chi connectivity index (χ1) is 6.25. The van der Waals surface area contributed by atoms with Crippen LogP contribution in [0.25, 0.3) is 0 Å². The van der Waals surface area contributed by atoms with Crippen molar-refractivity contribution in [2.75, 3.05) is 26.7 Å². The van der Waals surface area contributed by atoms with E-state index in [0.717, 1.165) is 18.5 Å². The molecule has 1 unspecified atom stereocenters. The third-order valence-electron chi connectivity index (χ3n) is 3.06. The van der Waals surface area contributed by atoms with Crippen molar-refractivity contribution in [1.82, 2.24) is 10.2 Å². The summed E-state index contributed by atoms with van der Waals surface area (Å²) in [7, 11) is 2.03. The molecule has 0 aromatic heterocycles. The molecule has 1 heterocycles. The van der Waals surface area contributed by atoms with Gasteiger partial charge in [0.15, 0.2) is 0 Å². The van der Waals surface area contributed by atoms with Gasteiger partial charge < -0.3 is 10.2 Å². The normalized spacial score (nSPS) is 24.5. The quantitative estimate of drug-likeness (QED) is 0.654. The van der Waals surface area contributed by atoms with E-state index in [1.165, 1.54) is 32.4 Å². The fourth-order valence-electron chi connectivity index (χ4n) is 2.34. The molecule has 0 amide bonds. The number of hydrogen-bond acceptors (Lipinski definition) is 2. The first-order valence-electron chi connectivity index (χ1n) is 5.64. The van der Waals surface area contributed by atoms with Gasteiger partial charge in [0.1, 0.15) is 0 Å². The first-order valence-corrected chi connectivity index (χ1v) is 5.64. The summed E-state index contributed by atoms with van der Waals surface area (Å²) in [5, 5.41) is 3.21. The highest BCUT2D eigenvalue weighted by atomic mass is 15.2. The van der Waals surface area contributed by atoms with Gasteiger partial charge in [-0.1, -0.05) is 13.8 Å². The summed E-state index contributed by atoms with van der Waals surface area (Å²) >= 11 is 0. The van der Waals surface area contributed by atoms with E-state index in [2.05, 4.69) is 24.1 Å². The molecule has 0 aliphatic carbocycles. The maximum Gasteiger partial charge on any atom is 0.0119 e. The monoisotopic (exact) mass is 184 g/mol. The topological polar surface area (TPSA) is 15.3 Å². The Morgan fingerprint density at radius 3 is 2.85 bits per heavy atom. The molecule has 0 aromatic carbocycles. The second kappa shape index (κ2) is 5.61. The lowest BCUT2D eigenvalue weighted by molar-refractivity contribution is 0.204. The highest BCUT2D eigenvalue weighted by molar-refractivity contribution is 4.81. The lowest BCUT2D eigenvalue weighted by Crippen LogP contribution is -2.35. The number of likely N-dealkylation sites (tertiary alicyclic amines) is 1. The lowest BCUT2D eigenvalue weighted by Gasteiger charge is -2.27. The van der Waals surface area contributed by atoms with Crippen LogP contribution in [0.4, 0.5) is 0 Å². The highest BCUT2D eigenvalue weighted by Crippen LogP contribution is 2.23. The van der Waals surface area contributed by atoms with Crippen LogP contribution in [0.15, 0.2) is 0 Å². The van der Waals surface area contributed by atoms with Crippen molar-refractivity contribution in [3.63, 3.8) is 0 Å². The Morgan fingerprint density at radius 2 is 2.23 bits per heavy atom. The highest BCUT2D eigenvalue weighted by Gasteiger charge is 2.25. The van der Waals surface area contributed by atoms with Crippen molar-refractivity contribution in [2.24, 2.45) is 5.92 Å². The smallest absolute Gasteiger partial charge is 0.0119 e. The van der Waals surface area contributed by atoms with Crippen LogP contribution in [-0.2, 0) is 0 Å². The van der Waals surface area contributed by atoms with E-state index in [4.69, 9.17) is 0 Å². The zero-order valence-electron chi connectivity index (χ0n) is 9.34. The number of hydrogen-bond donors (Lipinski definition) is 1. The maximum atomic E-state index is 3.21. The number of rotatable bonds is 5. The maximum absolute atomic E-state index is 3.21. The van der Waals surface area contributed by atoms with Crippen LogP contribution in [-0.4, -0.2) is 37.6 Å². The summed E-state index contributed by atoms with van der Waals surface area (Å²) < 4.78 is 0. The van der Waals surface area contributed by atoms with Crippen LogP contribution in [0.1, 0.15) is 33.1 Å². The molecule has 1 N–H and O–H groups in total. The van der Waals surface area contributed by atoms with Crippen LogP contribution >= 0.6 is 0 Å². The van der Waals surface area contributed by atoms with E-state index in [9.17, 15) is 0 Å². The van der Waals surface area contributed by atoms with Crippen molar-refractivity contribution in [3.05, 3.63) is 0 Å². The zero-order valence-corrected chi connectivity index (χ0v) is 9.34. The molecule has 1 saturated heterocycles.